The second-order valence-corrected chi connectivity index (χ2v) is 7.89. The van der Waals surface area contributed by atoms with Crippen molar-refractivity contribution in [3.05, 3.63) is 64.2 Å². The molecule has 1 N–H and O–H groups in total. The molecule has 7 nitrogen and oxygen atoms in total. The number of rotatable bonds is 5. The van der Waals surface area contributed by atoms with Gasteiger partial charge in [0.15, 0.2) is 4.90 Å². The largest absolute Gasteiger partial charge is 0.430 e. The Morgan fingerprint density at radius 1 is 0.933 bits per heavy atom. The molecule has 0 aliphatic carbocycles. The minimum absolute atomic E-state index is 0.266. The molecule has 2 aromatic carbocycles. The van der Waals surface area contributed by atoms with Crippen LogP contribution in [0.3, 0.4) is 0 Å². The van der Waals surface area contributed by atoms with E-state index in [1.54, 1.807) is 0 Å². The van der Waals surface area contributed by atoms with Gasteiger partial charge >= 0.3 is 12.4 Å². The highest BCUT2D eigenvalue weighted by atomic mass is 32.2. The van der Waals surface area contributed by atoms with E-state index in [9.17, 15) is 50.0 Å². The number of nitro benzene ring substituents is 1. The van der Waals surface area contributed by atoms with E-state index in [-0.39, 0.29) is 12.1 Å². The number of nitrogens with zero attached hydrogens (tertiary/aromatic N) is 2. The van der Waals surface area contributed by atoms with Gasteiger partial charge < -0.3 is 5.11 Å². The second-order valence-electron chi connectivity index (χ2n) is 5.95. The van der Waals surface area contributed by atoms with Crippen LogP contribution in [0.15, 0.2) is 53.4 Å². The molecule has 0 aromatic heterocycles. The molecule has 0 radical (unpaired) electrons. The minimum atomic E-state index is -6.10. The number of hydrogen-bond acceptors (Lipinski definition) is 5. The van der Waals surface area contributed by atoms with Crippen LogP contribution in [0.5, 0.6) is 0 Å². The molecule has 2 rings (SSSR count). The number of aliphatic hydroxyl groups is 1. The molecule has 0 unspecified atom stereocenters. The summed E-state index contributed by atoms with van der Waals surface area (Å²) in [6, 6.07) is 5.98. The topological polar surface area (TPSA) is 101 Å². The standard InChI is InChI=1S/C16H12F6N2O5S/c1-23(30(28,29)13-5-3-2-4-12(13)24(26)27)11-8-6-10(7-9-11)14(25,15(17,18)19)16(20,21)22/h2-9,25H,1H3. The molecule has 0 bridgehead atoms. The number of hydrogen-bond donors (Lipinski definition) is 1. The lowest BCUT2D eigenvalue weighted by atomic mass is 9.92. The molecule has 0 saturated heterocycles. The number of nitro groups is 1. The molecule has 164 valence electrons. The van der Waals surface area contributed by atoms with Crippen LogP contribution < -0.4 is 4.31 Å². The molecular weight excluding hydrogens is 446 g/mol. The van der Waals surface area contributed by atoms with Gasteiger partial charge in [0.2, 0.25) is 0 Å². The zero-order chi connectivity index (χ0) is 23.1. The minimum Gasteiger partial charge on any atom is -0.369 e. The van der Waals surface area contributed by atoms with Crippen molar-refractivity contribution in [2.75, 3.05) is 11.4 Å². The predicted octanol–water partition coefficient (Wildman–Crippen LogP) is 3.73. The van der Waals surface area contributed by atoms with Crippen molar-refractivity contribution in [3.63, 3.8) is 0 Å². The van der Waals surface area contributed by atoms with Crippen LogP contribution in [0.4, 0.5) is 37.7 Å². The number of anilines is 1. The van der Waals surface area contributed by atoms with Gasteiger partial charge in [-0.25, -0.2) is 8.42 Å². The van der Waals surface area contributed by atoms with Crippen molar-refractivity contribution >= 4 is 21.4 Å². The van der Waals surface area contributed by atoms with Crippen LogP contribution in [0, 0.1) is 10.1 Å². The number of benzene rings is 2. The molecule has 30 heavy (non-hydrogen) atoms. The molecule has 0 saturated carbocycles. The Morgan fingerprint density at radius 2 is 1.40 bits per heavy atom. The summed E-state index contributed by atoms with van der Waals surface area (Å²) in [6.45, 7) is 0. The number of halogens is 6. The molecule has 2 aromatic rings. The number of alkyl halides is 6. The highest BCUT2D eigenvalue weighted by Crippen LogP contribution is 2.50. The highest BCUT2D eigenvalue weighted by Gasteiger charge is 2.71. The SMILES string of the molecule is CN(c1ccc(C(O)(C(F)(F)F)C(F)(F)F)cc1)S(=O)(=O)c1ccccc1[N+](=O)[O-]. The van der Waals surface area contributed by atoms with Gasteiger partial charge in [0, 0.05) is 18.7 Å². The van der Waals surface area contributed by atoms with Gasteiger partial charge in [0.25, 0.3) is 21.3 Å². The van der Waals surface area contributed by atoms with Crippen LogP contribution in [-0.2, 0) is 15.6 Å². The fourth-order valence-corrected chi connectivity index (χ4v) is 3.86. The summed E-state index contributed by atoms with van der Waals surface area (Å²) in [5.41, 5.74) is -7.93. The van der Waals surface area contributed by atoms with Crippen molar-refractivity contribution in [2.45, 2.75) is 22.8 Å². The molecule has 0 fully saturated rings. The van der Waals surface area contributed by atoms with Crippen molar-refractivity contribution in [1.82, 2.24) is 0 Å². The quantitative estimate of drug-likeness (QED) is 0.418. The molecule has 0 heterocycles. The van der Waals surface area contributed by atoms with Crippen LogP contribution in [0.2, 0.25) is 0 Å². The maximum Gasteiger partial charge on any atom is 0.430 e. The number of para-hydroxylation sites is 1. The fraction of sp³-hybridized carbons (Fsp3) is 0.250. The van der Waals surface area contributed by atoms with Crippen molar-refractivity contribution in [3.8, 4) is 0 Å². The molecule has 0 amide bonds. The van der Waals surface area contributed by atoms with Crippen molar-refractivity contribution in [1.29, 1.82) is 0 Å². The Hall–Kier alpha value is -2.87. The van der Waals surface area contributed by atoms with Crippen LogP contribution in [0.1, 0.15) is 5.56 Å². The lowest BCUT2D eigenvalue weighted by Crippen LogP contribution is -2.53. The van der Waals surface area contributed by atoms with Crippen LogP contribution in [0.25, 0.3) is 0 Å². The van der Waals surface area contributed by atoms with Gasteiger partial charge in [0.05, 0.1) is 10.6 Å². The number of sulfonamides is 1. The first-order valence-electron chi connectivity index (χ1n) is 7.74. The zero-order valence-electron chi connectivity index (χ0n) is 14.8. The highest BCUT2D eigenvalue weighted by molar-refractivity contribution is 7.93. The first-order chi connectivity index (χ1) is 13.5. The summed E-state index contributed by atoms with van der Waals surface area (Å²) >= 11 is 0. The fourth-order valence-electron chi connectivity index (χ4n) is 2.51. The monoisotopic (exact) mass is 458 g/mol. The zero-order valence-corrected chi connectivity index (χ0v) is 15.6. The maximum absolute atomic E-state index is 12.9. The summed E-state index contributed by atoms with van der Waals surface area (Å²) in [5.74, 6) is 0. The van der Waals surface area contributed by atoms with E-state index < -0.39 is 54.7 Å². The smallest absolute Gasteiger partial charge is 0.369 e. The normalized spacial score (nSPS) is 13.2. The Balaban J connectivity index is 2.52. The molecule has 14 heteroatoms. The average molecular weight is 458 g/mol. The average Bonchev–Trinajstić information content (AvgIpc) is 2.65. The van der Waals surface area contributed by atoms with Gasteiger partial charge in [-0.2, -0.15) is 26.3 Å². The van der Waals surface area contributed by atoms with Gasteiger partial charge in [-0.05, 0) is 18.2 Å². The third-order valence-corrected chi connectivity index (χ3v) is 6.00. The van der Waals surface area contributed by atoms with Crippen LogP contribution >= 0.6 is 0 Å². The summed E-state index contributed by atoms with van der Waals surface area (Å²) in [5, 5.41) is 20.4. The summed E-state index contributed by atoms with van der Waals surface area (Å²) in [7, 11) is -3.68. The Labute approximate surface area is 165 Å². The molecule has 0 aliphatic heterocycles. The maximum atomic E-state index is 12.9. The van der Waals surface area contributed by atoms with E-state index in [2.05, 4.69) is 0 Å². The van der Waals surface area contributed by atoms with Gasteiger partial charge in [-0.15, -0.1) is 0 Å². The van der Waals surface area contributed by atoms with E-state index >= 15 is 0 Å². The summed E-state index contributed by atoms with van der Waals surface area (Å²) < 4.78 is 103. The molecule has 0 spiro atoms. The molecule has 0 atom stereocenters. The Morgan fingerprint density at radius 3 is 1.83 bits per heavy atom. The van der Waals surface area contributed by atoms with Crippen LogP contribution in [-0.4, -0.2) is 37.8 Å². The Bertz CT molecular complexity index is 1040. The van der Waals surface area contributed by atoms with E-state index in [0.29, 0.717) is 16.4 Å². The predicted molar refractivity (Wildman–Crippen MR) is 91.1 cm³/mol. The lowest BCUT2D eigenvalue weighted by Gasteiger charge is -2.33. The van der Waals surface area contributed by atoms with Gasteiger partial charge in [-0.3, -0.25) is 14.4 Å². The molecular formula is C16H12F6N2O5S. The van der Waals surface area contributed by atoms with Gasteiger partial charge in [0.1, 0.15) is 0 Å². The van der Waals surface area contributed by atoms with E-state index in [0.717, 1.165) is 19.2 Å². The van der Waals surface area contributed by atoms with E-state index in [4.69, 9.17) is 0 Å². The molecule has 0 aliphatic rings. The summed E-state index contributed by atoms with van der Waals surface area (Å²) in [6.07, 6.45) is -12.2. The third-order valence-electron chi connectivity index (χ3n) is 4.17. The Kier molecular flexibility index (Phi) is 5.80. The van der Waals surface area contributed by atoms with E-state index in [1.807, 2.05) is 0 Å². The second kappa shape index (κ2) is 7.43. The third kappa shape index (κ3) is 3.79. The summed E-state index contributed by atoms with van der Waals surface area (Å²) in [4.78, 5) is 9.36. The first-order valence-corrected chi connectivity index (χ1v) is 9.18. The van der Waals surface area contributed by atoms with Crippen molar-refractivity contribution < 1.29 is 44.8 Å². The van der Waals surface area contributed by atoms with E-state index in [1.165, 1.54) is 12.1 Å². The first kappa shape index (κ1) is 23.4. The lowest BCUT2D eigenvalue weighted by molar-refractivity contribution is -0.387. The van der Waals surface area contributed by atoms with Gasteiger partial charge in [-0.1, -0.05) is 24.3 Å². The van der Waals surface area contributed by atoms with Crippen molar-refractivity contribution in [2.24, 2.45) is 0 Å².